The summed E-state index contributed by atoms with van der Waals surface area (Å²) in [7, 11) is 2.04. The molecule has 0 aromatic rings. The molecule has 0 radical (unpaired) electrons. The Labute approximate surface area is 45.1 Å². The first kappa shape index (κ1) is 5.10. The highest BCUT2D eigenvalue weighted by atomic mass is 14.9. The van der Waals surface area contributed by atoms with E-state index in [2.05, 4.69) is 12.2 Å². The van der Waals surface area contributed by atoms with E-state index in [1.165, 1.54) is 12.8 Å². The monoisotopic (exact) mass is 99.1 g/mol. The van der Waals surface area contributed by atoms with Gasteiger partial charge in [-0.25, -0.2) is 0 Å². The van der Waals surface area contributed by atoms with Crippen molar-refractivity contribution >= 4 is 0 Å². The van der Waals surface area contributed by atoms with E-state index in [0.717, 1.165) is 12.0 Å². The fraction of sp³-hybridized carbons (Fsp3) is 1.00. The van der Waals surface area contributed by atoms with Gasteiger partial charge in [0.15, 0.2) is 0 Å². The summed E-state index contributed by atoms with van der Waals surface area (Å²) >= 11 is 0. The molecule has 0 spiro atoms. The SMILES string of the molecule is CN[C@H]1C[C@@H](C)C1. The van der Waals surface area contributed by atoms with Gasteiger partial charge >= 0.3 is 0 Å². The summed E-state index contributed by atoms with van der Waals surface area (Å²) in [6.07, 6.45) is 2.77. The zero-order valence-corrected chi connectivity index (χ0v) is 5.07. The van der Waals surface area contributed by atoms with Crippen LogP contribution in [0.3, 0.4) is 0 Å². The second kappa shape index (κ2) is 1.83. The average Bonchev–Trinajstić information content (AvgIpc) is 1.58. The molecule has 1 aliphatic carbocycles. The minimum Gasteiger partial charge on any atom is -0.317 e. The lowest BCUT2D eigenvalue weighted by atomic mass is 9.82. The van der Waals surface area contributed by atoms with Crippen LogP contribution in [-0.4, -0.2) is 13.1 Å². The predicted molar refractivity (Wildman–Crippen MR) is 31.2 cm³/mol. The highest BCUT2D eigenvalue weighted by Gasteiger charge is 2.22. The lowest BCUT2D eigenvalue weighted by molar-refractivity contribution is 0.254. The van der Waals surface area contributed by atoms with Gasteiger partial charge in [0.25, 0.3) is 0 Å². The number of rotatable bonds is 1. The first-order valence-electron chi connectivity index (χ1n) is 3.00. The summed E-state index contributed by atoms with van der Waals surface area (Å²) in [5.74, 6) is 0.984. The van der Waals surface area contributed by atoms with E-state index in [0.29, 0.717) is 0 Å². The van der Waals surface area contributed by atoms with Gasteiger partial charge in [0.05, 0.1) is 0 Å². The van der Waals surface area contributed by atoms with E-state index in [-0.39, 0.29) is 0 Å². The fourth-order valence-corrected chi connectivity index (χ4v) is 1.14. The van der Waals surface area contributed by atoms with Gasteiger partial charge in [0.2, 0.25) is 0 Å². The topological polar surface area (TPSA) is 12.0 Å². The molecule has 0 heterocycles. The quantitative estimate of drug-likeness (QED) is 0.517. The number of nitrogens with one attached hydrogen (secondary N) is 1. The van der Waals surface area contributed by atoms with E-state index in [9.17, 15) is 0 Å². The van der Waals surface area contributed by atoms with Crippen molar-refractivity contribution in [3.63, 3.8) is 0 Å². The van der Waals surface area contributed by atoms with Crippen LogP contribution < -0.4 is 5.32 Å². The van der Waals surface area contributed by atoms with Crippen molar-refractivity contribution in [1.29, 1.82) is 0 Å². The van der Waals surface area contributed by atoms with Crippen LogP contribution in [0.2, 0.25) is 0 Å². The number of hydrogen-bond acceptors (Lipinski definition) is 1. The van der Waals surface area contributed by atoms with Crippen molar-refractivity contribution in [3.05, 3.63) is 0 Å². The Morgan fingerprint density at radius 1 is 1.43 bits per heavy atom. The van der Waals surface area contributed by atoms with Gasteiger partial charge in [-0.05, 0) is 25.8 Å². The molecule has 42 valence electrons. The van der Waals surface area contributed by atoms with Gasteiger partial charge in [-0.15, -0.1) is 0 Å². The van der Waals surface area contributed by atoms with E-state index in [1.807, 2.05) is 7.05 Å². The largest absolute Gasteiger partial charge is 0.317 e. The van der Waals surface area contributed by atoms with E-state index in [1.54, 1.807) is 0 Å². The predicted octanol–water partition coefficient (Wildman–Crippen LogP) is 1.00. The third-order valence-electron chi connectivity index (χ3n) is 1.78. The Morgan fingerprint density at radius 3 is 2.14 bits per heavy atom. The summed E-state index contributed by atoms with van der Waals surface area (Å²) in [5, 5.41) is 3.23. The maximum absolute atomic E-state index is 3.23. The molecule has 0 saturated heterocycles. The molecule has 0 aromatic heterocycles. The molecule has 0 bridgehead atoms. The molecule has 1 N–H and O–H groups in total. The van der Waals surface area contributed by atoms with Crippen molar-refractivity contribution in [2.75, 3.05) is 7.05 Å². The van der Waals surface area contributed by atoms with Gasteiger partial charge in [-0.2, -0.15) is 0 Å². The zero-order chi connectivity index (χ0) is 5.28. The molecule has 0 aliphatic heterocycles. The molecule has 1 nitrogen and oxygen atoms in total. The van der Waals surface area contributed by atoms with Crippen LogP contribution in [0, 0.1) is 5.92 Å². The molecule has 1 saturated carbocycles. The Balaban J connectivity index is 2.06. The standard InChI is InChI=1S/C6H13N/c1-5-3-6(4-5)7-2/h5-7H,3-4H2,1-2H3/t5-,6+. The van der Waals surface area contributed by atoms with Gasteiger partial charge in [-0.3, -0.25) is 0 Å². The summed E-state index contributed by atoms with van der Waals surface area (Å²) < 4.78 is 0. The summed E-state index contributed by atoms with van der Waals surface area (Å²) in [4.78, 5) is 0. The van der Waals surface area contributed by atoms with Gasteiger partial charge in [-0.1, -0.05) is 6.92 Å². The first-order chi connectivity index (χ1) is 3.33. The second-order valence-corrected chi connectivity index (χ2v) is 2.56. The Bertz CT molecular complexity index is 55.2. The molecule has 7 heavy (non-hydrogen) atoms. The van der Waals surface area contributed by atoms with E-state index >= 15 is 0 Å². The minimum absolute atomic E-state index is 0.843. The third-order valence-corrected chi connectivity index (χ3v) is 1.78. The zero-order valence-electron chi connectivity index (χ0n) is 5.07. The average molecular weight is 99.2 g/mol. The van der Waals surface area contributed by atoms with E-state index in [4.69, 9.17) is 0 Å². The molecule has 0 amide bonds. The Morgan fingerprint density at radius 2 is 2.00 bits per heavy atom. The van der Waals surface area contributed by atoms with Crippen LogP contribution in [0.25, 0.3) is 0 Å². The summed E-state index contributed by atoms with van der Waals surface area (Å²) in [6.45, 7) is 2.30. The van der Waals surface area contributed by atoms with Crippen LogP contribution in [0.1, 0.15) is 19.8 Å². The second-order valence-electron chi connectivity index (χ2n) is 2.56. The highest BCUT2D eigenvalue weighted by molar-refractivity contribution is 4.80. The van der Waals surface area contributed by atoms with E-state index < -0.39 is 0 Å². The van der Waals surface area contributed by atoms with Crippen molar-refractivity contribution < 1.29 is 0 Å². The molecular formula is C6H13N. The van der Waals surface area contributed by atoms with Gasteiger partial charge in [0.1, 0.15) is 0 Å². The van der Waals surface area contributed by atoms with Crippen molar-refractivity contribution in [2.24, 2.45) is 5.92 Å². The van der Waals surface area contributed by atoms with Crippen LogP contribution >= 0.6 is 0 Å². The van der Waals surface area contributed by atoms with Crippen LogP contribution in [-0.2, 0) is 0 Å². The fourth-order valence-electron chi connectivity index (χ4n) is 1.14. The van der Waals surface area contributed by atoms with Gasteiger partial charge < -0.3 is 5.32 Å². The molecule has 0 aromatic carbocycles. The van der Waals surface area contributed by atoms with Crippen LogP contribution in [0.15, 0.2) is 0 Å². The Hall–Kier alpha value is -0.0400. The van der Waals surface area contributed by atoms with Crippen LogP contribution in [0.5, 0.6) is 0 Å². The molecule has 0 atom stereocenters. The van der Waals surface area contributed by atoms with Crippen LogP contribution in [0.4, 0.5) is 0 Å². The molecule has 0 unspecified atom stereocenters. The smallest absolute Gasteiger partial charge is 0.00691 e. The lowest BCUT2D eigenvalue weighted by Gasteiger charge is -2.31. The molecule has 1 rings (SSSR count). The maximum Gasteiger partial charge on any atom is 0.00691 e. The van der Waals surface area contributed by atoms with Crippen molar-refractivity contribution in [3.8, 4) is 0 Å². The molecule has 1 aliphatic rings. The van der Waals surface area contributed by atoms with Crippen molar-refractivity contribution in [1.82, 2.24) is 5.32 Å². The maximum atomic E-state index is 3.23. The highest BCUT2D eigenvalue weighted by Crippen LogP contribution is 2.25. The molecule has 1 fully saturated rings. The first-order valence-corrected chi connectivity index (χ1v) is 3.00. The van der Waals surface area contributed by atoms with Crippen molar-refractivity contribution in [2.45, 2.75) is 25.8 Å². The minimum atomic E-state index is 0.843. The Kier molecular flexibility index (Phi) is 1.33. The summed E-state index contributed by atoms with van der Waals surface area (Å²) in [5.41, 5.74) is 0. The number of hydrogen-bond donors (Lipinski definition) is 1. The summed E-state index contributed by atoms with van der Waals surface area (Å²) in [6, 6.07) is 0.843. The molecule has 1 heteroatoms. The molecular weight excluding hydrogens is 86.1 g/mol. The van der Waals surface area contributed by atoms with Gasteiger partial charge in [0, 0.05) is 6.04 Å². The lowest BCUT2D eigenvalue weighted by Crippen LogP contribution is -2.37. The normalized spacial score (nSPS) is 40.3. The third kappa shape index (κ3) is 0.942.